The molecule has 9 heteroatoms. The molecular formula is C14H14F3N3O2S. The van der Waals surface area contributed by atoms with Crippen LogP contribution in [0.4, 0.5) is 18.0 Å². The van der Waals surface area contributed by atoms with Crippen LogP contribution in [0.25, 0.3) is 5.69 Å². The summed E-state index contributed by atoms with van der Waals surface area (Å²) >= 11 is 1.31. The molecule has 0 saturated heterocycles. The topological polar surface area (TPSA) is 46.8 Å². The Morgan fingerprint density at radius 1 is 1.26 bits per heavy atom. The molecule has 0 aliphatic heterocycles. The predicted octanol–water partition coefficient (Wildman–Crippen LogP) is 3.33. The van der Waals surface area contributed by atoms with E-state index in [2.05, 4.69) is 9.73 Å². The summed E-state index contributed by atoms with van der Waals surface area (Å²) in [6.45, 7) is 1.85. The van der Waals surface area contributed by atoms with Gasteiger partial charge in [0, 0.05) is 30.9 Å². The second-order valence-corrected chi connectivity index (χ2v) is 6.04. The Morgan fingerprint density at radius 3 is 2.39 bits per heavy atom. The SMILES string of the molecule is Cc1cn(-c2ccc(OC(F)(F)F)cc2)/c(=N/C(=O)N(C)C)s1. The van der Waals surface area contributed by atoms with Crippen LogP contribution in [0.3, 0.4) is 0 Å². The fraction of sp³-hybridized carbons (Fsp3) is 0.286. The standard InChI is InChI=1S/C14H14F3N3O2S/c1-9-8-20(13(23-9)18-12(21)19(2)3)10-4-6-11(7-5-10)22-14(15,16)17/h4-8H,1-3H3/b18-13-. The zero-order valence-electron chi connectivity index (χ0n) is 12.6. The molecule has 0 aliphatic carbocycles. The second kappa shape index (κ2) is 6.45. The Bertz CT molecular complexity index is 761. The molecule has 23 heavy (non-hydrogen) atoms. The van der Waals surface area contributed by atoms with Crippen molar-refractivity contribution >= 4 is 17.4 Å². The van der Waals surface area contributed by atoms with Gasteiger partial charge in [0.25, 0.3) is 0 Å². The van der Waals surface area contributed by atoms with Crippen molar-refractivity contribution in [1.82, 2.24) is 9.47 Å². The summed E-state index contributed by atoms with van der Waals surface area (Å²) in [5, 5.41) is 0. The van der Waals surface area contributed by atoms with E-state index < -0.39 is 12.4 Å². The van der Waals surface area contributed by atoms with Gasteiger partial charge in [-0.15, -0.1) is 24.5 Å². The first kappa shape index (κ1) is 17.1. The van der Waals surface area contributed by atoms with Gasteiger partial charge in [-0.05, 0) is 31.2 Å². The van der Waals surface area contributed by atoms with Crippen LogP contribution in [-0.2, 0) is 0 Å². The number of halogens is 3. The third kappa shape index (κ3) is 4.59. The molecule has 2 aromatic rings. The Hall–Kier alpha value is -2.29. The van der Waals surface area contributed by atoms with Crippen molar-refractivity contribution in [3.63, 3.8) is 0 Å². The Kier molecular flexibility index (Phi) is 4.79. The molecular weight excluding hydrogens is 331 g/mol. The van der Waals surface area contributed by atoms with Crippen LogP contribution in [0.15, 0.2) is 35.5 Å². The molecule has 0 radical (unpaired) electrons. The molecule has 2 rings (SSSR count). The fourth-order valence-electron chi connectivity index (χ4n) is 1.71. The molecule has 0 N–H and O–H groups in total. The number of hydrogen-bond donors (Lipinski definition) is 0. The lowest BCUT2D eigenvalue weighted by Gasteiger charge is -2.10. The molecule has 0 fully saturated rings. The number of thiazole rings is 1. The maximum Gasteiger partial charge on any atom is 0.573 e. The van der Waals surface area contributed by atoms with E-state index in [1.807, 2.05) is 6.92 Å². The Balaban J connectivity index is 2.38. The first-order valence-electron chi connectivity index (χ1n) is 6.47. The monoisotopic (exact) mass is 345 g/mol. The van der Waals surface area contributed by atoms with Crippen molar-refractivity contribution in [2.24, 2.45) is 4.99 Å². The highest BCUT2D eigenvalue weighted by molar-refractivity contribution is 7.09. The highest BCUT2D eigenvalue weighted by atomic mass is 32.1. The number of hydrogen-bond acceptors (Lipinski definition) is 3. The molecule has 2 amide bonds. The summed E-state index contributed by atoms with van der Waals surface area (Å²) in [6, 6.07) is 4.93. The Labute approximate surface area is 134 Å². The number of aryl methyl sites for hydroxylation is 1. The average Bonchev–Trinajstić information content (AvgIpc) is 2.78. The quantitative estimate of drug-likeness (QED) is 0.838. The van der Waals surface area contributed by atoms with Crippen molar-refractivity contribution in [1.29, 1.82) is 0 Å². The minimum atomic E-state index is -4.73. The third-order valence-electron chi connectivity index (χ3n) is 2.69. The van der Waals surface area contributed by atoms with Crippen molar-refractivity contribution in [2.75, 3.05) is 14.1 Å². The summed E-state index contributed by atoms with van der Waals surface area (Å²) in [6.07, 6.45) is -2.97. The predicted molar refractivity (Wildman–Crippen MR) is 79.7 cm³/mol. The van der Waals surface area contributed by atoms with Gasteiger partial charge in [-0.2, -0.15) is 4.99 Å². The lowest BCUT2D eigenvalue weighted by atomic mass is 10.3. The number of carbonyl (C=O) groups is 1. The molecule has 1 aromatic carbocycles. The first-order valence-corrected chi connectivity index (χ1v) is 7.28. The van der Waals surface area contributed by atoms with Crippen molar-refractivity contribution in [3.8, 4) is 11.4 Å². The lowest BCUT2D eigenvalue weighted by molar-refractivity contribution is -0.274. The Morgan fingerprint density at radius 2 is 1.87 bits per heavy atom. The molecule has 0 atom stereocenters. The largest absolute Gasteiger partial charge is 0.573 e. The van der Waals surface area contributed by atoms with Gasteiger partial charge < -0.3 is 9.64 Å². The number of benzene rings is 1. The van der Waals surface area contributed by atoms with Crippen molar-refractivity contribution in [3.05, 3.63) is 40.1 Å². The summed E-state index contributed by atoms with van der Waals surface area (Å²) in [7, 11) is 3.17. The molecule has 124 valence electrons. The summed E-state index contributed by atoms with van der Waals surface area (Å²) < 4.78 is 42.0. The molecule has 0 aliphatic rings. The van der Waals surface area contributed by atoms with Crippen LogP contribution in [0.2, 0.25) is 0 Å². The zero-order valence-corrected chi connectivity index (χ0v) is 13.4. The second-order valence-electron chi connectivity index (χ2n) is 4.82. The van der Waals surface area contributed by atoms with Gasteiger partial charge in [0.15, 0.2) is 4.80 Å². The van der Waals surface area contributed by atoms with E-state index in [0.29, 0.717) is 10.5 Å². The highest BCUT2D eigenvalue weighted by Gasteiger charge is 2.30. The lowest BCUT2D eigenvalue weighted by Crippen LogP contribution is -2.22. The number of amides is 2. The molecule has 0 saturated carbocycles. The number of alkyl halides is 3. The zero-order chi connectivity index (χ0) is 17.2. The van der Waals surface area contributed by atoms with Gasteiger partial charge in [0.2, 0.25) is 0 Å². The van der Waals surface area contributed by atoms with Gasteiger partial charge in [-0.3, -0.25) is 4.57 Å². The highest BCUT2D eigenvalue weighted by Crippen LogP contribution is 2.23. The summed E-state index contributed by atoms with van der Waals surface area (Å²) in [4.78, 5) is 18.4. The maximum atomic E-state index is 12.2. The molecule has 0 bridgehead atoms. The van der Waals surface area contributed by atoms with Crippen molar-refractivity contribution in [2.45, 2.75) is 13.3 Å². The van der Waals surface area contributed by atoms with Crippen LogP contribution >= 0.6 is 11.3 Å². The summed E-state index contributed by atoms with van der Waals surface area (Å²) in [5.74, 6) is -0.309. The molecule has 1 aromatic heterocycles. The van der Waals surface area contributed by atoms with E-state index in [4.69, 9.17) is 0 Å². The number of ether oxygens (including phenoxy) is 1. The van der Waals surface area contributed by atoms with Gasteiger partial charge in [-0.25, -0.2) is 4.79 Å². The number of rotatable bonds is 2. The van der Waals surface area contributed by atoms with Crippen molar-refractivity contribution < 1.29 is 22.7 Å². The third-order valence-corrected chi connectivity index (χ3v) is 3.59. The van der Waals surface area contributed by atoms with Gasteiger partial charge in [-0.1, -0.05) is 0 Å². The fourth-order valence-corrected chi connectivity index (χ4v) is 2.53. The molecule has 0 spiro atoms. The van der Waals surface area contributed by atoms with E-state index in [1.54, 1.807) is 24.9 Å². The van der Waals surface area contributed by atoms with Gasteiger partial charge >= 0.3 is 12.4 Å². The number of aromatic nitrogens is 1. The first-order chi connectivity index (χ1) is 10.7. The minimum Gasteiger partial charge on any atom is -0.406 e. The van der Waals surface area contributed by atoms with E-state index in [1.165, 1.54) is 40.5 Å². The van der Waals surface area contributed by atoms with E-state index in [0.717, 1.165) is 4.88 Å². The molecule has 5 nitrogen and oxygen atoms in total. The van der Waals surface area contributed by atoms with E-state index >= 15 is 0 Å². The number of nitrogens with zero attached hydrogens (tertiary/aromatic N) is 3. The normalized spacial score (nSPS) is 12.3. The smallest absolute Gasteiger partial charge is 0.406 e. The van der Waals surface area contributed by atoms with Crippen LogP contribution in [0, 0.1) is 6.92 Å². The van der Waals surface area contributed by atoms with E-state index in [9.17, 15) is 18.0 Å². The van der Waals surface area contributed by atoms with Crippen LogP contribution < -0.4 is 9.54 Å². The van der Waals surface area contributed by atoms with Crippen LogP contribution in [-0.4, -0.2) is 36.0 Å². The summed E-state index contributed by atoms with van der Waals surface area (Å²) in [5.41, 5.74) is 0.578. The van der Waals surface area contributed by atoms with Gasteiger partial charge in [0.1, 0.15) is 5.75 Å². The number of urea groups is 1. The number of carbonyl (C=O) groups excluding carboxylic acids is 1. The van der Waals surface area contributed by atoms with Crippen LogP contribution in [0.1, 0.15) is 4.88 Å². The minimum absolute atomic E-state index is 0.309. The maximum absolute atomic E-state index is 12.2. The molecule has 1 heterocycles. The van der Waals surface area contributed by atoms with E-state index in [-0.39, 0.29) is 5.75 Å². The molecule has 0 unspecified atom stereocenters. The van der Waals surface area contributed by atoms with Crippen LogP contribution in [0.5, 0.6) is 5.75 Å². The van der Waals surface area contributed by atoms with Gasteiger partial charge in [0.05, 0.1) is 0 Å². The average molecular weight is 345 g/mol.